The topological polar surface area (TPSA) is 21.7 Å². The zero-order valence-corrected chi connectivity index (χ0v) is 7.38. The van der Waals surface area contributed by atoms with E-state index in [9.17, 15) is 0 Å². The molecule has 0 spiro atoms. The molecule has 1 saturated heterocycles. The first kappa shape index (κ1) is 8.97. The molecule has 0 aromatic carbocycles. The van der Waals surface area contributed by atoms with E-state index in [1.807, 2.05) is 0 Å². The summed E-state index contributed by atoms with van der Waals surface area (Å²) >= 11 is 0. The van der Waals surface area contributed by atoms with E-state index in [0.29, 0.717) is 12.9 Å². The third-order valence-corrected chi connectivity index (χ3v) is 1.82. The molecule has 1 rings (SSSR count). The van der Waals surface area contributed by atoms with Crippen molar-refractivity contribution in [3.8, 4) is 0 Å². The van der Waals surface area contributed by atoms with Gasteiger partial charge in [-0.15, -0.1) is 0 Å². The number of ether oxygens (including phenoxy) is 2. The maximum absolute atomic E-state index is 5.29. The first-order valence-corrected chi connectivity index (χ1v) is 4.13. The summed E-state index contributed by atoms with van der Waals surface area (Å²) in [4.78, 5) is 2.19. The van der Waals surface area contributed by atoms with Gasteiger partial charge in [-0.1, -0.05) is 0 Å². The highest BCUT2D eigenvalue weighted by Crippen LogP contribution is 2.09. The first-order valence-electron chi connectivity index (χ1n) is 4.13. The molecule has 0 radical (unpaired) electrons. The van der Waals surface area contributed by atoms with Crippen LogP contribution in [-0.4, -0.2) is 45.0 Å². The Morgan fingerprint density at radius 2 is 2.27 bits per heavy atom. The molecule has 0 bridgehead atoms. The van der Waals surface area contributed by atoms with E-state index in [4.69, 9.17) is 9.47 Å². The molecule has 3 heteroatoms. The molecule has 1 aliphatic rings. The highest BCUT2D eigenvalue weighted by molar-refractivity contribution is 4.60. The lowest BCUT2D eigenvalue weighted by Crippen LogP contribution is -2.16. The second-order valence-corrected chi connectivity index (χ2v) is 3.22. The lowest BCUT2D eigenvalue weighted by Gasteiger charge is -2.10. The average molecular weight is 159 g/mol. The van der Waals surface area contributed by atoms with Gasteiger partial charge in [-0.25, -0.2) is 0 Å². The van der Waals surface area contributed by atoms with Crippen molar-refractivity contribution >= 4 is 0 Å². The van der Waals surface area contributed by atoms with E-state index in [1.165, 1.54) is 6.42 Å². The Morgan fingerprint density at radius 3 is 2.82 bits per heavy atom. The monoisotopic (exact) mass is 159 g/mol. The second kappa shape index (κ2) is 4.70. The van der Waals surface area contributed by atoms with Gasteiger partial charge in [-0.05, 0) is 33.5 Å². The van der Waals surface area contributed by atoms with E-state index in [-0.39, 0.29) is 0 Å². The molecule has 1 atom stereocenters. The molecule has 11 heavy (non-hydrogen) atoms. The van der Waals surface area contributed by atoms with Gasteiger partial charge < -0.3 is 14.4 Å². The Labute approximate surface area is 68.3 Å². The molecule has 1 aliphatic heterocycles. The minimum Gasteiger partial charge on any atom is -0.353 e. The molecule has 3 nitrogen and oxygen atoms in total. The maximum atomic E-state index is 5.29. The maximum Gasteiger partial charge on any atom is 0.147 e. The van der Waals surface area contributed by atoms with Gasteiger partial charge in [0.15, 0.2) is 0 Å². The van der Waals surface area contributed by atoms with Crippen LogP contribution in [-0.2, 0) is 9.47 Å². The molecule has 0 aromatic rings. The van der Waals surface area contributed by atoms with Gasteiger partial charge in [0.1, 0.15) is 6.79 Å². The summed E-state index contributed by atoms with van der Waals surface area (Å²) in [5.41, 5.74) is 0. The zero-order valence-electron chi connectivity index (χ0n) is 7.38. The molecule has 0 aliphatic carbocycles. The predicted octanol–water partition coefficient (Wildman–Crippen LogP) is 0.701. The smallest absolute Gasteiger partial charge is 0.147 e. The summed E-state index contributed by atoms with van der Waals surface area (Å²) in [7, 11) is 4.18. The Balaban J connectivity index is 1.94. The largest absolute Gasteiger partial charge is 0.353 e. The molecule has 0 aromatic heterocycles. The average Bonchev–Trinajstić information content (AvgIpc) is 2.39. The van der Waals surface area contributed by atoms with Crippen LogP contribution in [0.15, 0.2) is 0 Å². The van der Waals surface area contributed by atoms with Crippen molar-refractivity contribution in [2.24, 2.45) is 0 Å². The zero-order chi connectivity index (χ0) is 8.10. The third-order valence-electron chi connectivity index (χ3n) is 1.82. The Hall–Kier alpha value is -0.120. The van der Waals surface area contributed by atoms with Gasteiger partial charge in [0.05, 0.1) is 12.7 Å². The van der Waals surface area contributed by atoms with E-state index < -0.39 is 0 Å². The van der Waals surface area contributed by atoms with Crippen molar-refractivity contribution < 1.29 is 9.47 Å². The number of hydrogen-bond acceptors (Lipinski definition) is 3. The van der Waals surface area contributed by atoms with Gasteiger partial charge in [-0.2, -0.15) is 0 Å². The molecular weight excluding hydrogens is 142 g/mol. The van der Waals surface area contributed by atoms with E-state index in [1.54, 1.807) is 0 Å². The predicted molar refractivity (Wildman–Crippen MR) is 43.5 cm³/mol. The van der Waals surface area contributed by atoms with Crippen molar-refractivity contribution in [1.29, 1.82) is 0 Å². The van der Waals surface area contributed by atoms with Crippen molar-refractivity contribution in [3.05, 3.63) is 0 Å². The van der Waals surface area contributed by atoms with Crippen LogP contribution in [0.5, 0.6) is 0 Å². The van der Waals surface area contributed by atoms with Crippen LogP contribution in [0.1, 0.15) is 12.8 Å². The summed E-state index contributed by atoms with van der Waals surface area (Å²) in [6.45, 7) is 2.42. The fourth-order valence-electron chi connectivity index (χ4n) is 1.17. The molecule has 1 unspecified atom stereocenters. The SMILES string of the molecule is CN(C)CCCC1COCO1. The van der Waals surface area contributed by atoms with Crippen molar-refractivity contribution in [2.45, 2.75) is 18.9 Å². The quantitative estimate of drug-likeness (QED) is 0.602. The standard InChI is InChI=1S/C8H17NO2/c1-9(2)5-3-4-8-6-10-7-11-8/h8H,3-7H2,1-2H3. The highest BCUT2D eigenvalue weighted by atomic mass is 16.7. The van der Waals surface area contributed by atoms with Crippen LogP contribution in [0, 0.1) is 0 Å². The van der Waals surface area contributed by atoms with E-state index >= 15 is 0 Å². The second-order valence-electron chi connectivity index (χ2n) is 3.22. The van der Waals surface area contributed by atoms with Crippen molar-refractivity contribution in [2.75, 3.05) is 34.0 Å². The third kappa shape index (κ3) is 3.70. The Bertz CT molecular complexity index is 100. The summed E-state index contributed by atoms with van der Waals surface area (Å²) in [5, 5.41) is 0. The van der Waals surface area contributed by atoms with Crippen LogP contribution in [0.4, 0.5) is 0 Å². The van der Waals surface area contributed by atoms with Crippen molar-refractivity contribution in [3.63, 3.8) is 0 Å². The van der Waals surface area contributed by atoms with Crippen LogP contribution >= 0.6 is 0 Å². The Morgan fingerprint density at radius 1 is 1.45 bits per heavy atom. The summed E-state index contributed by atoms with van der Waals surface area (Å²) < 4.78 is 10.4. The number of hydrogen-bond donors (Lipinski definition) is 0. The summed E-state index contributed by atoms with van der Waals surface area (Å²) in [6, 6.07) is 0. The molecular formula is C8H17NO2. The van der Waals surface area contributed by atoms with Gasteiger partial charge in [0.25, 0.3) is 0 Å². The molecule has 66 valence electrons. The first-order chi connectivity index (χ1) is 5.29. The minimum atomic E-state index is 0.356. The van der Waals surface area contributed by atoms with Gasteiger partial charge in [0, 0.05) is 0 Å². The molecule has 1 heterocycles. The normalized spacial score (nSPS) is 24.8. The lowest BCUT2D eigenvalue weighted by molar-refractivity contribution is 0.0437. The lowest BCUT2D eigenvalue weighted by atomic mass is 10.2. The summed E-state index contributed by atoms with van der Waals surface area (Å²) in [6.07, 6.45) is 2.68. The number of rotatable bonds is 4. The molecule has 0 saturated carbocycles. The molecule has 0 N–H and O–H groups in total. The minimum absolute atomic E-state index is 0.356. The van der Waals surface area contributed by atoms with Gasteiger partial charge >= 0.3 is 0 Å². The van der Waals surface area contributed by atoms with Crippen LogP contribution in [0.3, 0.4) is 0 Å². The number of nitrogens with zero attached hydrogens (tertiary/aromatic N) is 1. The fourth-order valence-corrected chi connectivity index (χ4v) is 1.17. The van der Waals surface area contributed by atoms with Crippen LogP contribution in [0.25, 0.3) is 0 Å². The van der Waals surface area contributed by atoms with Crippen LogP contribution in [0.2, 0.25) is 0 Å². The van der Waals surface area contributed by atoms with Gasteiger partial charge in [0.2, 0.25) is 0 Å². The summed E-state index contributed by atoms with van der Waals surface area (Å²) in [5.74, 6) is 0. The van der Waals surface area contributed by atoms with Gasteiger partial charge in [-0.3, -0.25) is 0 Å². The Kier molecular flexibility index (Phi) is 3.83. The van der Waals surface area contributed by atoms with E-state index in [2.05, 4.69) is 19.0 Å². The van der Waals surface area contributed by atoms with Crippen molar-refractivity contribution in [1.82, 2.24) is 4.90 Å². The van der Waals surface area contributed by atoms with E-state index in [0.717, 1.165) is 19.6 Å². The van der Waals surface area contributed by atoms with Crippen LogP contribution < -0.4 is 0 Å². The molecule has 0 amide bonds. The fraction of sp³-hybridized carbons (Fsp3) is 1.00. The highest BCUT2D eigenvalue weighted by Gasteiger charge is 2.14. The molecule has 1 fully saturated rings.